The van der Waals surface area contributed by atoms with Gasteiger partial charge in [0.2, 0.25) is 5.78 Å². The maximum Gasteiger partial charge on any atom is 0.446 e. The summed E-state index contributed by atoms with van der Waals surface area (Å²) < 4.78 is 43.2. The predicted octanol–water partition coefficient (Wildman–Crippen LogP) is 6.05. The molecule has 40 heavy (non-hydrogen) atoms. The molecule has 12 heteroatoms. The van der Waals surface area contributed by atoms with Crippen LogP contribution in [0, 0.1) is 0 Å². The second-order valence-corrected chi connectivity index (χ2v) is 9.93. The molecule has 0 aliphatic carbocycles. The van der Waals surface area contributed by atoms with Crippen LogP contribution in [-0.4, -0.2) is 34.6 Å². The number of hydrogen-bond acceptors (Lipinski definition) is 7. The number of carbonyl (C=O) groups is 2. The SMILES string of the molecule is NN=C(C(=O)c1ccc(O)c(Cl)c1)c1ccc(OCC(=O)NCc2ccc(SC(F)(F)F)cc2)c2ccccc12. The third kappa shape index (κ3) is 7.04. The van der Waals surface area contributed by atoms with E-state index in [1.165, 1.54) is 42.5 Å². The van der Waals surface area contributed by atoms with Crippen molar-refractivity contribution in [3.63, 3.8) is 0 Å². The molecule has 0 saturated carbocycles. The largest absolute Gasteiger partial charge is 0.506 e. The Morgan fingerprint density at radius 2 is 1.70 bits per heavy atom. The van der Waals surface area contributed by atoms with Crippen molar-refractivity contribution in [1.82, 2.24) is 5.32 Å². The molecule has 0 fully saturated rings. The second-order valence-electron chi connectivity index (χ2n) is 8.39. The van der Waals surface area contributed by atoms with Gasteiger partial charge in [-0.1, -0.05) is 48.0 Å². The van der Waals surface area contributed by atoms with Crippen molar-refractivity contribution in [2.24, 2.45) is 10.9 Å². The molecule has 0 bridgehead atoms. The molecular weight excluding hydrogens is 567 g/mol. The fourth-order valence-electron chi connectivity index (χ4n) is 3.84. The minimum absolute atomic E-state index is 0.00609. The van der Waals surface area contributed by atoms with Gasteiger partial charge >= 0.3 is 5.51 Å². The van der Waals surface area contributed by atoms with E-state index in [2.05, 4.69) is 10.4 Å². The first-order valence-corrected chi connectivity index (χ1v) is 12.8. The van der Waals surface area contributed by atoms with Gasteiger partial charge < -0.3 is 21.0 Å². The zero-order chi connectivity index (χ0) is 28.9. The highest BCUT2D eigenvalue weighted by Gasteiger charge is 2.29. The van der Waals surface area contributed by atoms with Gasteiger partial charge in [-0.2, -0.15) is 18.3 Å². The van der Waals surface area contributed by atoms with E-state index < -0.39 is 17.2 Å². The average Bonchev–Trinajstić information content (AvgIpc) is 2.93. The molecule has 7 nitrogen and oxygen atoms in total. The number of carbonyl (C=O) groups excluding carboxylic acids is 2. The first-order chi connectivity index (χ1) is 19.1. The monoisotopic (exact) mass is 587 g/mol. The number of thioether (sulfide) groups is 1. The molecule has 0 aromatic heterocycles. The number of phenols is 1. The molecule has 4 aromatic rings. The lowest BCUT2D eigenvalue weighted by Gasteiger charge is -2.14. The van der Waals surface area contributed by atoms with Crippen molar-refractivity contribution < 1.29 is 32.6 Å². The molecule has 0 unspecified atom stereocenters. The standard InChI is InChI=1S/C28H21ClF3N3O4S/c29-22-13-17(7-11-23(22)36)27(38)26(35-33)21-10-12-24(20-4-2-1-3-19(20)21)39-15-25(37)34-14-16-5-8-18(9-6-16)40-28(30,31)32/h1-13,36H,14-15,33H2,(H,34,37). The summed E-state index contributed by atoms with van der Waals surface area (Å²) in [5, 5.41) is 17.2. The second kappa shape index (κ2) is 12.3. The average molecular weight is 588 g/mol. The highest BCUT2D eigenvalue weighted by atomic mass is 35.5. The van der Waals surface area contributed by atoms with E-state index in [4.69, 9.17) is 22.2 Å². The number of benzene rings is 4. The van der Waals surface area contributed by atoms with Gasteiger partial charge in [-0.3, -0.25) is 9.59 Å². The maximum atomic E-state index is 13.2. The first-order valence-electron chi connectivity index (χ1n) is 11.6. The molecule has 206 valence electrons. The number of halogens is 4. The minimum Gasteiger partial charge on any atom is -0.506 e. The molecule has 4 aromatic carbocycles. The van der Waals surface area contributed by atoms with Crippen LogP contribution in [0.1, 0.15) is 21.5 Å². The molecule has 1 amide bonds. The summed E-state index contributed by atoms with van der Waals surface area (Å²) in [4.78, 5) is 25.6. The zero-order valence-electron chi connectivity index (χ0n) is 20.5. The number of ketones is 1. The van der Waals surface area contributed by atoms with E-state index in [0.29, 0.717) is 27.6 Å². The molecular formula is C28H21ClF3N3O4S. The van der Waals surface area contributed by atoms with Gasteiger partial charge in [0.1, 0.15) is 17.2 Å². The van der Waals surface area contributed by atoms with E-state index >= 15 is 0 Å². The highest BCUT2D eigenvalue weighted by Crippen LogP contribution is 2.36. The lowest BCUT2D eigenvalue weighted by Crippen LogP contribution is -2.28. The summed E-state index contributed by atoms with van der Waals surface area (Å²) in [6.07, 6.45) is 0. The van der Waals surface area contributed by atoms with Crippen LogP contribution in [0.5, 0.6) is 11.5 Å². The smallest absolute Gasteiger partial charge is 0.446 e. The van der Waals surface area contributed by atoms with Crippen LogP contribution in [0.25, 0.3) is 10.8 Å². The van der Waals surface area contributed by atoms with Crippen LogP contribution in [-0.2, 0) is 11.3 Å². The van der Waals surface area contributed by atoms with E-state index in [1.807, 2.05) is 0 Å². The zero-order valence-corrected chi connectivity index (χ0v) is 22.1. The molecule has 4 rings (SSSR count). The van der Waals surface area contributed by atoms with Crippen molar-refractivity contribution in [2.45, 2.75) is 16.9 Å². The maximum absolute atomic E-state index is 13.2. The number of Topliss-reactive ketones (excluding diaryl/α,β-unsaturated/α-hetero) is 1. The molecule has 0 spiro atoms. The van der Waals surface area contributed by atoms with Gasteiger partial charge in [-0.25, -0.2) is 0 Å². The first kappa shape index (κ1) is 28.8. The Kier molecular flexibility index (Phi) is 8.86. The van der Waals surface area contributed by atoms with E-state index in [0.717, 1.165) is 0 Å². The highest BCUT2D eigenvalue weighted by molar-refractivity contribution is 8.00. The Morgan fingerprint density at radius 1 is 1.00 bits per heavy atom. The Morgan fingerprint density at radius 3 is 2.35 bits per heavy atom. The van der Waals surface area contributed by atoms with Crippen molar-refractivity contribution in [3.8, 4) is 11.5 Å². The van der Waals surface area contributed by atoms with Gasteiger partial charge in [0, 0.05) is 28.0 Å². The molecule has 0 radical (unpaired) electrons. The lowest BCUT2D eigenvalue weighted by atomic mass is 9.95. The van der Waals surface area contributed by atoms with Crippen molar-refractivity contribution in [2.75, 3.05) is 6.61 Å². The number of rotatable bonds is 9. The fourth-order valence-corrected chi connectivity index (χ4v) is 4.56. The van der Waals surface area contributed by atoms with Gasteiger partial charge in [-0.15, -0.1) is 0 Å². The van der Waals surface area contributed by atoms with Crippen LogP contribution >= 0.6 is 23.4 Å². The number of amides is 1. The van der Waals surface area contributed by atoms with Crippen LogP contribution in [0.4, 0.5) is 13.2 Å². The summed E-state index contributed by atoms with van der Waals surface area (Å²) in [7, 11) is 0. The fraction of sp³-hybridized carbons (Fsp3) is 0.107. The van der Waals surface area contributed by atoms with Crippen LogP contribution < -0.4 is 15.9 Å². The number of alkyl halides is 3. The summed E-state index contributed by atoms with van der Waals surface area (Å²) in [5.74, 6) is 4.86. The Hall–Kier alpha value is -4.22. The summed E-state index contributed by atoms with van der Waals surface area (Å²) in [6, 6.07) is 19.9. The quantitative estimate of drug-likeness (QED) is 0.0722. The van der Waals surface area contributed by atoms with Crippen molar-refractivity contribution in [3.05, 3.63) is 101 Å². The molecule has 0 aliphatic rings. The third-order valence-corrected chi connectivity index (χ3v) is 6.74. The number of fused-ring (bicyclic) bond motifs is 1. The minimum atomic E-state index is -4.37. The van der Waals surface area contributed by atoms with Gasteiger partial charge in [-0.05, 0) is 65.2 Å². The van der Waals surface area contributed by atoms with Crippen molar-refractivity contribution >= 4 is 51.5 Å². The van der Waals surface area contributed by atoms with Crippen LogP contribution in [0.15, 0.2) is 88.9 Å². The number of nitrogens with zero attached hydrogens (tertiary/aromatic N) is 1. The molecule has 0 aliphatic heterocycles. The number of phenolic OH excluding ortho intramolecular Hbond substituents is 1. The number of aromatic hydroxyl groups is 1. The molecule has 4 N–H and O–H groups in total. The predicted molar refractivity (Wildman–Crippen MR) is 148 cm³/mol. The van der Waals surface area contributed by atoms with Crippen molar-refractivity contribution in [1.29, 1.82) is 0 Å². The summed E-state index contributed by atoms with van der Waals surface area (Å²) in [6.45, 7) is -0.216. The van der Waals surface area contributed by atoms with Crippen LogP contribution in [0.2, 0.25) is 5.02 Å². The number of hydrazone groups is 1. The molecule has 0 atom stereocenters. The number of ether oxygens (including phenoxy) is 1. The number of hydrogen-bond donors (Lipinski definition) is 3. The van der Waals surface area contributed by atoms with Gasteiger partial charge in [0.15, 0.2) is 6.61 Å². The summed E-state index contributed by atoms with van der Waals surface area (Å²) in [5.41, 5.74) is -3.17. The third-order valence-electron chi connectivity index (χ3n) is 5.70. The summed E-state index contributed by atoms with van der Waals surface area (Å²) >= 11 is 5.74. The Labute approximate surface area is 235 Å². The molecule has 0 heterocycles. The van der Waals surface area contributed by atoms with Gasteiger partial charge in [0.05, 0.1) is 5.02 Å². The Balaban J connectivity index is 1.45. The molecule has 0 saturated heterocycles. The normalized spacial score (nSPS) is 11.8. The van der Waals surface area contributed by atoms with E-state index in [1.54, 1.807) is 36.4 Å². The Bertz CT molecular complexity index is 1590. The number of nitrogens with two attached hydrogens (primary N) is 1. The van der Waals surface area contributed by atoms with E-state index in [9.17, 15) is 27.9 Å². The lowest BCUT2D eigenvalue weighted by molar-refractivity contribution is -0.123. The topological polar surface area (TPSA) is 114 Å². The number of nitrogens with one attached hydrogen (secondary N) is 1. The van der Waals surface area contributed by atoms with E-state index in [-0.39, 0.29) is 51.9 Å². The van der Waals surface area contributed by atoms with Crippen LogP contribution in [0.3, 0.4) is 0 Å². The van der Waals surface area contributed by atoms with Gasteiger partial charge in [0.25, 0.3) is 5.91 Å².